The summed E-state index contributed by atoms with van der Waals surface area (Å²) in [5.41, 5.74) is 1.32. The fourth-order valence-electron chi connectivity index (χ4n) is 1.60. The molecule has 3 nitrogen and oxygen atoms in total. The molecule has 1 aromatic heterocycles. The Hall–Kier alpha value is -0.360. The molecule has 0 spiro atoms. The molecule has 0 fully saturated rings. The van der Waals surface area contributed by atoms with E-state index in [1.807, 2.05) is 18.2 Å². The Balaban J connectivity index is 2.50. The van der Waals surface area contributed by atoms with Crippen LogP contribution in [-0.2, 0) is 7.05 Å². The van der Waals surface area contributed by atoms with Crippen LogP contribution in [0.15, 0.2) is 33.3 Å². The summed E-state index contributed by atoms with van der Waals surface area (Å²) in [5.74, 6) is 0. The zero-order valence-corrected chi connectivity index (χ0v) is 12.8. The van der Waals surface area contributed by atoms with Crippen molar-refractivity contribution in [2.45, 2.75) is 6.10 Å². The molecule has 90 valence electrons. The smallest absolute Gasteiger partial charge is 0.123 e. The van der Waals surface area contributed by atoms with Crippen molar-refractivity contribution in [1.82, 2.24) is 9.78 Å². The third-order valence-electron chi connectivity index (χ3n) is 2.45. The number of hydrogen-bond acceptors (Lipinski definition) is 2. The van der Waals surface area contributed by atoms with Gasteiger partial charge in [-0.05, 0) is 18.2 Å². The predicted octanol–water partition coefficient (Wildman–Crippen LogP) is 3.68. The number of aliphatic hydroxyl groups excluding tert-OH is 1. The molecular formula is C11H9Br2ClN2O. The van der Waals surface area contributed by atoms with Crippen LogP contribution in [0.3, 0.4) is 0 Å². The number of nitrogens with zero attached hydrogens (tertiary/aromatic N) is 2. The summed E-state index contributed by atoms with van der Waals surface area (Å²) < 4.78 is 3.29. The summed E-state index contributed by atoms with van der Waals surface area (Å²) >= 11 is 12.8. The lowest BCUT2D eigenvalue weighted by Gasteiger charge is -2.14. The van der Waals surface area contributed by atoms with Gasteiger partial charge in [0.25, 0.3) is 0 Å². The number of aliphatic hydroxyl groups is 1. The summed E-state index contributed by atoms with van der Waals surface area (Å²) in [5, 5.41) is 14.8. The minimum atomic E-state index is -0.818. The van der Waals surface area contributed by atoms with Crippen LogP contribution < -0.4 is 0 Å². The number of benzene rings is 1. The zero-order valence-electron chi connectivity index (χ0n) is 8.86. The molecule has 0 saturated carbocycles. The average Bonchev–Trinajstić information content (AvgIpc) is 2.61. The molecule has 1 atom stereocenters. The van der Waals surface area contributed by atoms with Gasteiger partial charge in [0.2, 0.25) is 0 Å². The lowest BCUT2D eigenvalue weighted by Crippen LogP contribution is -2.07. The highest BCUT2D eigenvalue weighted by Gasteiger charge is 2.20. The first-order chi connectivity index (χ1) is 8.00. The Labute approximate surface area is 121 Å². The summed E-state index contributed by atoms with van der Waals surface area (Å²) in [6, 6.07) is 5.61. The molecule has 0 saturated heterocycles. The van der Waals surface area contributed by atoms with Crippen LogP contribution in [0.4, 0.5) is 0 Å². The van der Waals surface area contributed by atoms with Crippen LogP contribution in [0.5, 0.6) is 0 Å². The molecule has 2 rings (SSSR count). The fourth-order valence-corrected chi connectivity index (χ4v) is 2.71. The van der Waals surface area contributed by atoms with Crippen molar-refractivity contribution in [3.05, 3.63) is 49.6 Å². The van der Waals surface area contributed by atoms with Gasteiger partial charge >= 0.3 is 0 Å². The van der Waals surface area contributed by atoms with Gasteiger partial charge < -0.3 is 5.11 Å². The van der Waals surface area contributed by atoms with Gasteiger partial charge in [-0.1, -0.05) is 43.5 Å². The lowest BCUT2D eigenvalue weighted by molar-refractivity contribution is 0.209. The second kappa shape index (κ2) is 5.10. The Morgan fingerprint density at radius 3 is 2.71 bits per heavy atom. The Kier molecular flexibility index (Phi) is 3.92. The van der Waals surface area contributed by atoms with Crippen LogP contribution in [0.25, 0.3) is 0 Å². The molecule has 0 aliphatic carbocycles. The van der Waals surface area contributed by atoms with Crippen LogP contribution in [0.2, 0.25) is 5.02 Å². The number of rotatable bonds is 2. The third kappa shape index (κ3) is 2.57. The zero-order chi connectivity index (χ0) is 12.6. The Morgan fingerprint density at radius 1 is 1.41 bits per heavy atom. The van der Waals surface area contributed by atoms with E-state index in [0.717, 1.165) is 14.5 Å². The Morgan fingerprint density at radius 2 is 2.12 bits per heavy atom. The van der Waals surface area contributed by atoms with Gasteiger partial charge in [0.1, 0.15) is 6.10 Å². The van der Waals surface area contributed by atoms with E-state index in [1.54, 1.807) is 11.7 Å². The largest absolute Gasteiger partial charge is 0.382 e. The molecule has 17 heavy (non-hydrogen) atoms. The van der Waals surface area contributed by atoms with Crippen LogP contribution >= 0.6 is 43.5 Å². The van der Waals surface area contributed by atoms with Gasteiger partial charge in [-0.3, -0.25) is 4.68 Å². The number of halogens is 3. The highest BCUT2D eigenvalue weighted by Crippen LogP contribution is 2.33. The van der Waals surface area contributed by atoms with Gasteiger partial charge in [0.05, 0.1) is 16.9 Å². The third-order valence-corrected chi connectivity index (χ3v) is 3.96. The summed E-state index contributed by atoms with van der Waals surface area (Å²) in [6.07, 6.45) is 0.702. The van der Waals surface area contributed by atoms with E-state index < -0.39 is 6.10 Å². The van der Waals surface area contributed by atoms with Crippen molar-refractivity contribution < 1.29 is 5.11 Å². The molecule has 1 aromatic carbocycles. The quantitative estimate of drug-likeness (QED) is 0.863. The molecule has 1 N–H and O–H groups in total. The van der Waals surface area contributed by atoms with E-state index >= 15 is 0 Å². The number of aryl methyl sites for hydroxylation is 1. The lowest BCUT2D eigenvalue weighted by atomic mass is 10.1. The highest BCUT2D eigenvalue weighted by molar-refractivity contribution is 9.11. The Bertz CT molecular complexity index is 537. The molecule has 1 unspecified atom stereocenters. The van der Waals surface area contributed by atoms with Crippen LogP contribution in [0.1, 0.15) is 17.4 Å². The van der Waals surface area contributed by atoms with Crippen molar-refractivity contribution in [3.63, 3.8) is 0 Å². The summed E-state index contributed by atoms with van der Waals surface area (Å²) in [7, 11) is 1.75. The maximum atomic E-state index is 10.4. The highest BCUT2D eigenvalue weighted by atomic mass is 79.9. The normalized spacial score (nSPS) is 12.8. The first-order valence-corrected chi connectivity index (χ1v) is 6.77. The first-order valence-electron chi connectivity index (χ1n) is 4.81. The molecule has 2 aromatic rings. The van der Waals surface area contributed by atoms with E-state index in [0.29, 0.717) is 10.7 Å². The predicted molar refractivity (Wildman–Crippen MR) is 74.1 cm³/mol. The van der Waals surface area contributed by atoms with Gasteiger partial charge in [-0.25, -0.2) is 0 Å². The molecule has 1 heterocycles. The first kappa shape index (κ1) is 13.1. The van der Waals surface area contributed by atoms with Crippen molar-refractivity contribution in [3.8, 4) is 0 Å². The molecule has 0 aliphatic heterocycles. The van der Waals surface area contributed by atoms with E-state index in [-0.39, 0.29) is 0 Å². The molecule has 0 bridgehead atoms. The molecule has 0 aliphatic rings. The van der Waals surface area contributed by atoms with Gasteiger partial charge in [-0.15, -0.1) is 0 Å². The van der Waals surface area contributed by atoms with Gasteiger partial charge in [0.15, 0.2) is 0 Å². The van der Waals surface area contributed by atoms with Gasteiger partial charge in [-0.2, -0.15) is 5.10 Å². The van der Waals surface area contributed by atoms with Crippen molar-refractivity contribution >= 4 is 43.5 Å². The van der Waals surface area contributed by atoms with Crippen molar-refractivity contribution in [2.75, 3.05) is 0 Å². The summed E-state index contributed by atoms with van der Waals surface area (Å²) in [4.78, 5) is 0. The average molecular weight is 380 g/mol. The fraction of sp³-hybridized carbons (Fsp3) is 0.182. The topological polar surface area (TPSA) is 38.0 Å². The van der Waals surface area contributed by atoms with Crippen molar-refractivity contribution in [1.29, 1.82) is 0 Å². The minimum absolute atomic E-state index is 0.451. The van der Waals surface area contributed by atoms with E-state index in [4.69, 9.17) is 11.6 Å². The molecule has 6 heteroatoms. The van der Waals surface area contributed by atoms with E-state index in [9.17, 15) is 5.11 Å². The maximum absolute atomic E-state index is 10.4. The van der Waals surface area contributed by atoms with Gasteiger partial charge in [0, 0.05) is 21.6 Å². The SMILES string of the molecule is Cn1ncc(Cl)c1C(O)c1cc(Br)ccc1Br. The molecular weight excluding hydrogens is 371 g/mol. The second-order valence-corrected chi connectivity index (χ2v) is 5.75. The molecule has 0 amide bonds. The van der Waals surface area contributed by atoms with Crippen LogP contribution in [-0.4, -0.2) is 14.9 Å². The summed E-state index contributed by atoms with van der Waals surface area (Å²) in [6.45, 7) is 0. The van der Waals surface area contributed by atoms with Crippen molar-refractivity contribution in [2.24, 2.45) is 7.05 Å². The standard InChI is InChI=1S/C11H9Br2ClN2O/c1-16-10(9(14)5-15-16)11(17)7-4-6(12)2-3-8(7)13/h2-5,11,17H,1H3. The molecule has 0 radical (unpaired) electrons. The maximum Gasteiger partial charge on any atom is 0.123 e. The van der Waals surface area contributed by atoms with E-state index in [1.165, 1.54) is 6.20 Å². The minimum Gasteiger partial charge on any atom is -0.382 e. The monoisotopic (exact) mass is 378 g/mol. The van der Waals surface area contributed by atoms with E-state index in [2.05, 4.69) is 37.0 Å². The second-order valence-electron chi connectivity index (χ2n) is 3.57. The number of aromatic nitrogens is 2. The van der Waals surface area contributed by atoms with Crippen LogP contribution in [0, 0.1) is 0 Å². The number of hydrogen-bond donors (Lipinski definition) is 1.